The van der Waals surface area contributed by atoms with Gasteiger partial charge in [-0.15, -0.1) is 11.3 Å². The van der Waals surface area contributed by atoms with Crippen LogP contribution in [-0.4, -0.2) is 25.4 Å². The van der Waals surface area contributed by atoms with Crippen molar-refractivity contribution in [2.75, 3.05) is 16.7 Å². The maximum atomic E-state index is 13.2. The van der Waals surface area contributed by atoms with Crippen LogP contribution in [0.25, 0.3) is 0 Å². The van der Waals surface area contributed by atoms with Gasteiger partial charge in [-0.2, -0.15) is 0 Å². The first-order valence-corrected chi connectivity index (χ1v) is 10.2. The molecule has 10 heteroatoms. The number of aromatic nitrogens is 2. The lowest BCUT2D eigenvalue weighted by Crippen LogP contribution is -2.19. The molecular weight excluding hydrogens is 394 g/mol. The van der Waals surface area contributed by atoms with Crippen LogP contribution < -0.4 is 9.62 Å². The Labute approximate surface area is 159 Å². The van der Waals surface area contributed by atoms with Crippen molar-refractivity contribution in [3.63, 3.8) is 0 Å². The van der Waals surface area contributed by atoms with E-state index in [1.54, 1.807) is 17.4 Å². The topological polar surface area (TPSA) is 75.2 Å². The molecule has 0 saturated carbocycles. The number of sulfonamides is 1. The van der Waals surface area contributed by atoms with Crippen LogP contribution in [0.1, 0.15) is 10.7 Å². The minimum Gasteiger partial charge on any atom is -0.354 e. The zero-order valence-electron chi connectivity index (χ0n) is 14.5. The monoisotopic (exact) mass is 410 g/mol. The van der Waals surface area contributed by atoms with Gasteiger partial charge in [0.2, 0.25) is 0 Å². The Morgan fingerprint density at radius 3 is 2.56 bits per heavy atom. The standard InChI is InChI=1S/C17H16F2N4O2S2/c1-11-21-13(10-26-11)9-23(2)17-6-4-14(8-20-17)27(24,25)22-12-3-5-15(18)16(19)7-12/h3-8,10,22H,9H2,1-2H3. The summed E-state index contributed by atoms with van der Waals surface area (Å²) < 4.78 is 53.2. The van der Waals surface area contributed by atoms with E-state index in [0.717, 1.165) is 28.9 Å². The third kappa shape index (κ3) is 4.58. The molecule has 6 nitrogen and oxygen atoms in total. The van der Waals surface area contributed by atoms with Crippen molar-refractivity contribution in [1.29, 1.82) is 0 Å². The maximum Gasteiger partial charge on any atom is 0.263 e. The molecule has 3 aromatic rings. The minimum absolute atomic E-state index is 0.0750. The number of aryl methyl sites for hydroxylation is 1. The predicted octanol–water partition coefficient (Wildman–Crippen LogP) is 3.56. The first-order chi connectivity index (χ1) is 12.7. The molecule has 0 fully saturated rings. The van der Waals surface area contributed by atoms with Gasteiger partial charge in [0.15, 0.2) is 11.6 Å². The van der Waals surface area contributed by atoms with E-state index in [0.29, 0.717) is 12.4 Å². The molecule has 3 rings (SSSR count). The van der Waals surface area contributed by atoms with Crippen molar-refractivity contribution < 1.29 is 17.2 Å². The summed E-state index contributed by atoms with van der Waals surface area (Å²) in [5.41, 5.74) is 0.826. The number of nitrogens with zero attached hydrogens (tertiary/aromatic N) is 3. The van der Waals surface area contributed by atoms with Crippen molar-refractivity contribution in [1.82, 2.24) is 9.97 Å². The second-order valence-electron chi connectivity index (χ2n) is 5.80. The molecule has 2 aromatic heterocycles. The zero-order valence-corrected chi connectivity index (χ0v) is 16.1. The van der Waals surface area contributed by atoms with Crippen LogP contribution in [0.5, 0.6) is 0 Å². The summed E-state index contributed by atoms with van der Waals surface area (Å²) in [6.45, 7) is 2.46. The fourth-order valence-corrected chi connectivity index (χ4v) is 3.93. The van der Waals surface area contributed by atoms with Crippen LogP contribution in [-0.2, 0) is 16.6 Å². The van der Waals surface area contributed by atoms with E-state index in [4.69, 9.17) is 0 Å². The van der Waals surface area contributed by atoms with Gasteiger partial charge in [0, 0.05) is 24.7 Å². The number of nitrogens with one attached hydrogen (secondary N) is 1. The third-order valence-corrected chi connectivity index (χ3v) is 5.85. The molecule has 27 heavy (non-hydrogen) atoms. The lowest BCUT2D eigenvalue weighted by Gasteiger charge is -2.17. The first-order valence-electron chi connectivity index (χ1n) is 7.81. The number of benzene rings is 1. The van der Waals surface area contributed by atoms with E-state index in [-0.39, 0.29) is 10.6 Å². The van der Waals surface area contributed by atoms with Gasteiger partial charge < -0.3 is 4.90 Å². The average Bonchev–Trinajstić information content (AvgIpc) is 3.03. The highest BCUT2D eigenvalue weighted by Crippen LogP contribution is 2.20. The number of pyridine rings is 1. The normalized spacial score (nSPS) is 11.4. The first kappa shape index (κ1) is 19.2. The number of thiazole rings is 1. The Balaban J connectivity index is 1.74. The molecule has 0 radical (unpaired) electrons. The van der Waals surface area contributed by atoms with Crippen molar-refractivity contribution >= 4 is 32.9 Å². The van der Waals surface area contributed by atoms with Crippen LogP contribution in [0.2, 0.25) is 0 Å². The highest BCUT2D eigenvalue weighted by Gasteiger charge is 2.16. The molecule has 0 aliphatic rings. The molecule has 0 unspecified atom stereocenters. The van der Waals surface area contributed by atoms with Crippen LogP contribution in [0.3, 0.4) is 0 Å². The third-order valence-electron chi connectivity index (χ3n) is 3.66. The lowest BCUT2D eigenvalue weighted by molar-refractivity contribution is 0.509. The molecule has 0 spiro atoms. The number of hydrogen-bond donors (Lipinski definition) is 1. The van der Waals surface area contributed by atoms with Crippen molar-refractivity contribution in [2.45, 2.75) is 18.4 Å². The van der Waals surface area contributed by atoms with Gasteiger partial charge in [-0.1, -0.05) is 0 Å². The van der Waals surface area contributed by atoms with Gasteiger partial charge in [0.1, 0.15) is 10.7 Å². The average molecular weight is 410 g/mol. The van der Waals surface area contributed by atoms with Crippen LogP contribution in [0.15, 0.2) is 46.8 Å². The Morgan fingerprint density at radius 1 is 1.19 bits per heavy atom. The largest absolute Gasteiger partial charge is 0.354 e. The van der Waals surface area contributed by atoms with Gasteiger partial charge in [-0.3, -0.25) is 4.72 Å². The highest BCUT2D eigenvalue weighted by molar-refractivity contribution is 7.92. The second-order valence-corrected chi connectivity index (χ2v) is 8.55. The van der Waals surface area contributed by atoms with E-state index < -0.39 is 21.7 Å². The van der Waals surface area contributed by atoms with Gasteiger partial charge in [-0.05, 0) is 31.2 Å². The van der Waals surface area contributed by atoms with Crippen LogP contribution in [0, 0.1) is 18.6 Å². The van der Waals surface area contributed by atoms with Crippen LogP contribution in [0.4, 0.5) is 20.3 Å². The quantitative estimate of drug-likeness (QED) is 0.673. The number of anilines is 2. The van der Waals surface area contributed by atoms with E-state index in [9.17, 15) is 17.2 Å². The molecule has 0 saturated heterocycles. The summed E-state index contributed by atoms with van der Waals surface area (Å²) in [6, 6.07) is 5.73. The Hall–Kier alpha value is -2.59. The highest BCUT2D eigenvalue weighted by atomic mass is 32.2. The fourth-order valence-electron chi connectivity index (χ4n) is 2.34. The Morgan fingerprint density at radius 2 is 1.96 bits per heavy atom. The number of hydrogen-bond acceptors (Lipinski definition) is 6. The van der Waals surface area contributed by atoms with Gasteiger partial charge in [0.05, 0.1) is 22.9 Å². The summed E-state index contributed by atoms with van der Waals surface area (Å²) in [5, 5.41) is 2.92. The molecule has 0 aliphatic heterocycles. The zero-order chi connectivity index (χ0) is 19.6. The number of halogens is 2. The molecule has 0 aliphatic carbocycles. The van der Waals surface area contributed by atoms with Gasteiger partial charge in [-0.25, -0.2) is 27.2 Å². The fraction of sp³-hybridized carbons (Fsp3) is 0.176. The second kappa shape index (κ2) is 7.57. The predicted molar refractivity (Wildman–Crippen MR) is 100 cm³/mol. The summed E-state index contributed by atoms with van der Waals surface area (Å²) in [6.07, 6.45) is 1.21. The summed E-state index contributed by atoms with van der Waals surface area (Å²) in [5.74, 6) is -1.61. The summed E-state index contributed by atoms with van der Waals surface area (Å²) >= 11 is 1.55. The molecule has 1 aromatic carbocycles. The smallest absolute Gasteiger partial charge is 0.263 e. The molecule has 1 N–H and O–H groups in total. The van der Waals surface area contributed by atoms with Crippen molar-refractivity contribution in [3.8, 4) is 0 Å². The van der Waals surface area contributed by atoms with E-state index in [2.05, 4.69) is 14.7 Å². The van der Waals surface area contributed by atoms with Gasteiger partial charge in [0.25, 0.3) is 10.0 Å². The SMILES string of the molecule is Cc1nc(CN(C)c2ccc(S(=O)(=O)Nc3ccc(F)c(F)c3)cn2)cs1. The Kier molecular flexibility index (Phi) is 5.38. The summed E-state index contributed by atoms with van der Waals surface area (Å²) in [7, 11) is -2.15. The van der Waals surface area contributed by atoms with Gasteiger partial charge >= 0.3 is 0 Å². The molecule has 0 bridgehead atoms. The molecular formula is C17H16F2N4O2S2. The van der Waals surface area contributed by atoms with E-state index in [1.807, 2.05) is 24.3 Å². The lowest BCUT2D eigenvalue weighted by atomic mass is 10.3. The number of rotatable bonds is 6. The molecule has 0 amide bonds. The minimum atomic E-state index is -3.97. The molecule has 0 atom stereocenters. The maximum absolute atomic E-state index is 13.2. The van der Waals surface area contributed by atoms with E-state index in [1.165, 1.54) is 12.3 Å². The summed E-state index contributed by atoms with van der Waals surface area (Å²) in [4.78, 5) is 10.3. The molecule has 142 valence electrons. The van der Waals surface area contributed by atoms with Crippen molar-refractivity contribution in [2.24, 2.45) is 0 Å². The van der Waals surface area contributed by atoms with Crippen molar-refractivity contribution in [3.05, 3.63) is 64.2 Å². The van der Waals surface area contributed by atoms with Crippen LogP contribution >= 0.6 is 11.3 Å². The molecule has 2 heterocycles. The Bertz CT molecular complexity index is 1050. The van der Waals surface area contributed by atoms with E-state index >= 15 is 0 Å².